The van der Waals surface area contributed by atoms with Gasteiger partial charge in [0.05, 0.1) is 36.7 Å². The summed E-state index contributed by atoms with van der Waals surface area (Å²) in [5, 5.41) is 5.93. The van der Waals surface area contributed by atoms with Crippen LogP contribution >= 0.6 is 0 Å². The fraction of sp³-hybridized carbons (Fsp3) is 0.167. The minimum Gasteiger partial charge on any atom is -0.496 e. The lowest BCUT2D eigenvalue weighted by Crippen LogP contribution is -2.20. The molecule has 0 unspecified atom stereocenters. The van der Waals surface area contributed by atoms with Crippen molar-refractivity contribution in [3.05, 3.63) is 78.2 Å². The molecular formula is C24H21F3N4O3. The molecule has 10 heteroatoms. The number of rotatable bonds is 6. The van der Waals surface area contributed by atoms with Gasteiger partial charge in [-0.05, 0) is 42.0 Å². The third-order valence-electron chi connectivity index (χ3n) is 5.24. The number of pyridine rings is 1. The minimum absolute atomic E-state index is 0.0294. The van der Waals surface area contributed by atoms with E-state index in [1.807, 2.05) is 35.0 Å². The van der Waals surface area contributed by atoms with Crippen LogP contribution in [-0.2, 0) is 12.7 Å². The molecule has 0 aliphatic carbocycles. The van der Waals surface area contributed by atoms with Crippen molar-refractivity contribution in [1.29, 1.82) is 0 Å². The molecule has 0 saturated heterocycles. The van der Waals surface area contributed by atoms with Crippen molar-refractivity contribution < 1.29 is 27.4 Å². The molecule has 2 N–H and O–H groups in total. The highest BCUT2D eigenvalue weighted by Gasteiger charge is 2.35. The largest absolute Gasteiger partial charge is 0.496 e. The van der Waals surface area contributed by atoms with Gasteiger partial charge in [-0.15, -0.1) is 0 Å². The maximum absolute atomic E-state index is 13.4. The molecule has 2 aromatic carbocycles. The highest BCUT2D eigenvalue weighted by atomic mass is 19.4. The second kappa shape index (κ2) is 9.34. The van der Waals surface area contributed by atoms with E-state index in [1.165, 1.54) is 7.11 Å². The first-order valence-electron chi connectivity index (χ1n) is 10.2. The van der Waals surface area contributed by atoms with Gasteiger partial charge in [-0.1, -0.05) is 6.07 Å². The van der Waals surface area contributed by atoms with Crippen LogP contribution in [0.1, 0.15) is 11.1 Å². The quantitative estimate of drug-likeness (QED) is 0.375. The number of methoxy groups -OCH3 is 2. The van der Waals surface area contributed by atoms with Gasteiger partial charge in [0, 0.05) is 36.6 Å². The summed E-state index contributed by atoms with van der Waals surface area (Å²) in [4.78, 5) is 16.7. The van der Waals surface area contributed by atoms with E-state index < -0.39 is 23.5 Å². The number of amides is 2. The number of nitrogens with zero attached hydrogens (tertiary/aromatic N) is 2. The van der Waals surface area contributed by atoms with Crippen LogP contribution < -0.4 is 20.1 Å². The van der Waals surface area contributed by atoms with E-state index in [0.29, 0.717) is 12.2 Å². The molecule has 0 aliphatic rings. The number of ether oxygens (including phenoxy) is 2. The average molecular weight is 470 g/mol. The molecule has 7 nitrogen and oxygen atoms in total. The molecule has 0 spiro atoms. The van der Waals surface area contributed by atoms with Crippen molar-refractivity contribution >= 4 is 28.3 Å². The fourth-order valence-electron chi connectivity index (χ4n) is 3.65. The molecule has 0 atom stereocenters. The molecule has 0 bridgehead atoms. The van der Waals surface area contributed by atoms with Gasteiger partial charge in [0.1, 0.15) is 11.5 Å². The summed E-state index contributed by atoms with van der Waals surface area (Å²) in [5.41, 5.74) is 1.29. The molecule has 2 heterocycles. The molecule has 4 rings (SSSR count). The number of nitrogens with one attached hydrogen (secondary N) is 2. The third kappa shape index (κ3) is 4.75. The Kier molecular flexibility index (Phi) is 6.31. The molecule has 176 valence electrons. The lowest BCUT2D eigenvalue weighted by atomic mass is 10.1. The SMILES string of the molecule is COc1cc(OC)c(C(F)(F)F)cc1NC(=O)Nc1cccc2c1ccn2Cc1ccncc1. The van der Waals surface area contributed by atoms with E-state index in [9.17, 15) is 18.0 Å². The van der Waals surface area contributed by atoms with E-state index in [4.69, 9.17) is 9.47 Å². The minimum atomic E-state index is -4.67. The summed E-state index contributed by atoms with van der Waals surface area (Å²) in [7, 11) is 2.42. The van der Waals surface area contributed by atoms with E-state index in [-0.39, 0.29) is 11.4 Å². The van der Waals surface area contributed by atoms with Gasteiger partial charge in [-0.25, -0.2) is 4.79 Å². The second-order valence-electron chi connectivity index (χ2n) is 7.37. The highest BCUT2D eigenvalue weighted by molar-refractivity contribution is 6.06. The summed E-state index contributed by atoms with van der Waals surface area (Å²) >= 11 is 0. The Morgan fingerprint density at radius 3 is 2.35 bits per heavy atom. The maximum Gasteiger partial charge on any atom is 0.420 e. The zero-order valence-electron chi connectivity index (χ0n) is 18.3. The van der Waals surface area contributed by atoms with Crippen LogP contribution in [0.4, 0.5) is 29.3 Å². The van der Waals surface area contributed by atoms with Crippen molar-refractivity contribution in [2.45, 2.75) is 12.7 Å². The maximum atomic E-state index is 13.4. The van der Waals surface area contributed by atoms with Gasteiger partial charge in [-0.3, -0.25) is 4.98 Å². The molecule has 34 heavy (non-hydrogen) atoms. The summed E-state index contributed by atoms with van der Waals surface area (Å²) < 4.78 is 52.2. The summed E-state index contributed by atoms with van der Waals surface area (Å²) in [6, 6.07) is 12.3. The van der Waals surface area contributed by atoms with Gasteiger partial charge >= 0.3 is 12.2 Å². The molecule has 2 amide bonds. The molecule has 0 aliphatic heterocycles. The summed E-state index contributed by atoms with van der Waals surface area (Å²) in [5.74, 6) is -0.377. The molecule has 4 aromatic rings. The van der Waals surface area contributed by atoms with Crippen LogP contribution in [0.15, 0.2) is 67.1 Å². The van der Waals surface area contributed by atoms with E-state index in [0.717, 1.165) is 35.7 Å². The first-order chi connectivity index (χ1) is 16.3. The Balaban J connectivity index is 1.58. The molecule has 0 radical (unpaired) electrons. The van der Waals surface area contributed by atoms with Crippen LogP contribution in [0.2, 0.25) is 0 Å². The number of hydrogen-bond acceptors (Lipinski definition) is 4. The Morgan fingerprint density at radius 1 is 0.971 bits per heavy atom. The number of halogens is 3. The topological polar surface area (TPSA) is 77.4 Å². The Morgan fingerprint density at radius 2 is 1.68 bits per heavy atom. The number of hydrogen-bond donors (Lipinski definition) is 2. The summed E-state index contributed by atoms with van der Waals surface area (Å²) in [6.45, 7) is 0.616. The van der Waals surface area contributed by atoms with Crippen LogP contribution in [0, 0.1) is 0 Å². The van der Waals surface area contributed by atoms with Gasteiger partial charge < -0.3 is 24.7 Å². The zero-order chi connectivity index (χ0) is 24.3. The van der Waals surface area contributed by atoms with Gasteiger partial charge in [-0.2, -0.15) is 13.2 Å². The van der Waals surface area contributed by atoms with Crippen molar-refractivity contribution in [3.63, 3.8) is 0 Å². The molecule has 2 aromatic heterocycles. The number of alkyl halides is 3. The Labute approximate surface area is 193 Å². The predicted molar refractivity (Wildman–Crippen MR) is 122 cm³/mol. The molecule has 0 saturated carbocycles. The van der Waals surface area contributed by atoms with Crippen molar-refractivity contribution in [3.8, 4) is 11.5 Å². The zero-order valence-corrected chi connectivity index (χ0v) is 18.3. The van der Waals surface area contributed by atoms with Gasteiger partial charge in [0.25, 0.3) is 0 Å². The Bertz CT molecular complexity index is 1320. The van der Waals surface area contributed by atoms with Crippen LogP contribution in [-0.4, -0.2) is 29.8 Å². The molecular weight excluding hydrogens is 449 g/mol. The number of carbonyl (C=O) groups is 1. The Hall–Kier alpha value is -4.21. The third-order valence-corrected chi connectivity index (χ3v) is 5.24. The first kappa shape index (κ1) is 23.0. The fourth-order valence-corrected chi connectivity index (χ4v) is 3.65. The predicted octanol–water partition coefficient (Wildman–Crippen LogP) is 5.76. The van der Waals surface area contributed by atoms with Crippen molar-refractivity contribution in [2.75, 3.05) is 24.9 Å². The smallest absolute Gasteiger partial charge is 0.420 e. The second-order valence-corrected chi connectivity index (χ2v) is 7.37. The van der Waals surface area contributed by atoms with Crippen molar-refractivity contribution in [2.24, 2.45) is 0 Å². The average Bonchev–Trinajstić information content (AvgIpc) is 3.22. The van der Waals surface area contributed by atoms with Gasteiger partial charge in [0.15, 0.2) is 0 Å². The van der Waals surface area contributed by atoms with E-state index in [2.05, 4.69) is 15.6 Å². The molecule has 0 fully saturated rings. The number of carbonyl (C=O) groups excluding carboxylic acids is 1. The lowest BCUT2D eigenvalue weighted by Gasteiger charge is -2.17. The number of benzene rings is 2. The van der Waals surface area contributed by atoms with Crippen LogP contribution in [0.5, 0.6) is 11.5 Å². The standard InChI is InChI=1S/C24H21F3N4O3/c1-33-21-13-22(34-2)19(12-17(21)24(25,26)27)30-23(32)29-18-4-3-5-20-16(18)8-11-31(20)14-15-6-9-28-10-7-15/h3-13H,14H2,1-2H3,(H2,29,30,32). The first-order valence-corrected chi connectivity index (χ1v) is 10.2. The number of aromatic nitrogens is 2. The number of anilines is 2. The van der Waals surface area contributed by atoms with Crippen LogP contribution in [0.25, 0.3) is 10.9 Å². The normalized spacial score (nSPS) is 11.3. The lowest BCUT2D eigenvalue weighted by molar-refractivity contribution is -0.138. The van der Waals surface area contributed by atoms with E-state index >= 15 is 0 Å². The van der Waals surface area contributed by atoms with E-state index in [1.54, 1.807) is 24.5 Å². The number of urea groups is 1. The van der Waals surface area contributed by atoms with Crippen molar-refractivity contribution in [1.82, 2.24) is 9.55 Å². The highest BCUT2D eigenvalue weighted by Crippen LogP contribution is 2.42. The summed E-state index contributed by atoms with van der Waals surface area (Å²) in [6.07, 6.45) is 0.663. The van der Waals surface area contributed by atoms with Gasteiger partial charge in [0.2, 0.25) is 0 Å². The number of fused-ring (bicyclic) bond motifs is 1. The monoisotopic (exact) mass is 470 g/mol. The van der Waals surface area contributed by atoms with Crippen LogP contribution in [0.3, 0.4) is 0 Å².